The molecular weight excluding hydrogens is 242 g/mol. The van der Waals surface area contributed by atoms with Crippen molar-refractivity contribution < 1.29 is 0 Å². The molecule has 0 aromatic heterocycles. The van der Waals surface area contributed by atoms with Crippen LogP contribution in [0.5, 0.6) is 0 Å². The van der Waals surface area contributed by atoms with Gasteiger partial charge in [0, 0.05) is 0 Å². The lowest BCUT2D eigenvalue weighted by atomic mass is 9.89. The fourth-order valence-electron chi connectivity index (χ4n) is 2.99. The van der Waals surface area contributed by atoms with Crippen LogP contribution in [0, 0.1) is 13.8 Å². The van der Waals surface area contributed by atoms with Crippen molar-refractivity contribution in [3.8, 4) is 0 Å². The van der Waals surface area contributed by atoms with Gasteiger partial charge in [0.1, 0.15) is 0 Å². The van der Waals surface area contributed by atoms with E-state index in [9.17, 15) is 0 Å². The summed E-state index contributed by atoms with van der Waals surface area (Å²) < 4.78 is 0. The minimum absolute atomic E-state index is 0.356. The lowest BCUT2D eigenvalue weighted by Crippen LogP contribution is -2.26. The van der Waals surface area contributed by atoms with Crippen LogP contribution in [0.3, 0.4) is 0 Å². The summed E-state index contributed by atoms with van der Waals surface area (Å²) in [6.45, 7) is 4.33. The Hall–Kier alpha value is -2.02. The molecule has 1 aliphatic heterocycles. The van der Waals surface area contributed by atoms with E-state index in [-0.39, 0.29) is 0 Å². The highest BCUT2D eigenvalue weighted by molar-refractivity contribution is 5.76. The highest BCUT2D eigenvalue weighted by Crippen LogP contribution is 2.28. The van der Waals surface area contributed by atoms with Crippen molar-refractivity contribution in [1.82, 2.24) is 5.32 Å². The first-order valence-electron chi connectivity index (χ1n) is 7.31. The van der Waals surface area contributed by atoms with Gasteiger partial charge in [-0.15, -0.1) is 0 Å². The zero-order valence-electron chi connectivity index (χ0n) is 12.2. The largest absolute Gasteiger partial charge is 0.381 e. The van der Waals surface area contributed by atoms with Crippen molar-refractivity contribution in [3.63, 3.8) is 0 Å². The smallest absolute Gasteiger partial charge is 0.0658 e. The van der Waals surface area contributed by atoms with E-state index in [0.29, 0.717) is 6.04 Å². The molecule has 0 amide bonds. The number of hydrogen-bond acceptors (Lipinski definition) is 1. The fraction of sp³-hybridized carbons (Fsp3) is 0.263. The van der Waals surface area contributed by atoms with E-state index in [1.54, 1.807) is 0 Å². The third-order valence-corrected chi connectivity index (χ3v) is 3.88. The summed E-state index contributed by atoms with van der Waals surface area (Å²) >= 11 is 0. The van der Waals surface area contributed by atoms with Crippen molar-refractivity contribution >= 4 is 5.57 Å². The van der Waals surface area contributed by atoms with E-state index < -0.39 is 0 Å². The highest BCUT2D eigenvalue weighted by atomic mass is 14.9. The Morgan fingerprint density at radius 2 is 1.85 bits per heavy atom. The summed E-state index contributed by atoms with van der Waals surface area (Å²) in [6.07, 6.45) is 15.4. The van der Waals surface area contributed by atoms with Gasteiger partial charge in [0.15, 0.2) is 0 Å². The molecule has 1 N–H and O–H groups in total. The lowest BCUT2D eigenvalue weighted by molar-refractivity contribution is 0.736. The first-order chi connectivity index (χ1) is 9.72. The summed E-state index contributed by atoms with van der Waals surface area (Å²) in [6, 6.07) is 7.15. The number of dihydropyridines is 1. The molecule has 102 valence electrons. The van der Waals surface area contributed by atoms with Crippen LogP contribution in [0.1, 0.15) is 29.5 Å². The molecule has 1 aliphatic carbocycles. The van der Waals surface area contributed by atoms with Crippen molar-refractivity contribution in [1.29, 1.82) is 0 Å². The molecular formula is C19H21N. The van der Waals surface area contributed by atoms with Crippen LogP contribution in [0.4, 0.5) is 0 Å². The van der Waals surface area contributed by atoms with Crippen LogP contribution in [-0.4, -0.2) is 6.04 Å². The van der Waals surface area contributed by atoms with Crippen LogP contribution in [0.25, 0.3) is 5.57 Å². The van der Waals surface area contributed by atoms with Gasteiger partial charge in [0.05, 0.1) is 6.04 Å². The minimum Gasteiger partial charge on any atom is -0.381 e. The average molecular weight is 263 g/mol. The van der Waals surface area contributed by atoms with Crippen LogP contribution in [-0.2, 0) is 0 Å². The van der Waals surface area contributed by atoms with Crippen LogP contribution in [0.15, 0.2) is 60.4 Å². The molecule has 0 spiro atoms. The predicted molar refractivity (Wildman–Crippen MR) is 86.4 cm³/mol. The number of allylic oxidation sites excluding steroid dienone is 5. The maximum Gasteiger partial charge on any atom is 0.0658 e. The molecule has 1 aromatic rings. The molecule has 0 radical (unpaired) electrons. The second-order valence-electron chi connectivity index (χ2n) is 5.68. The van der Waals surface area contributed by atoms with Crippen LogP contribution < -0.4 is 5.32 Å². The molecule has 1 nitrogen and oxygen atoms in total. The number of aryl methyl sites for hydroxylation is 2. The molecule has 0 saturated heterocycles. The molecule has 0 saturated carbocycles. The maximum atomic E-state index is 3.42. The second-order valence-corrected chi connectivity index (χ2v) is 5.68. The summed E-state index contributed by atoms with van der Waals surface area (Å²) in [5.41, 5.74) is 6.85. The Balaban J connectivity index is 1.90. The van der Waals surface area contributed by atoms with Crippen molar-refractivity contribution in [2.75, 3.05) is 0 Å². The van der Waals surface area contributed by atoms with E-state index >= 15 is 0 Å². The summed E-state index contributed by atoms with van der Waals surface area (Å²) in [7, 11) is 0. The standard InChI is InChI=1S/C19H21N/c1-14-10-15(2)12-18(11-14)16-6-5-7-17(13-16)19-8-3-4-9-20-19/h3-4,6,8-13,19-20H,5,7H2,1-2H3. The Morgan fingerprint density at radius 1 is 1.05 bits per heavy atom. The molecule has 1 heterocycles. The quantitative estimate of drug-likeness (QED) is 0.831. The highest BCUT2D eigenvalue weighted by Gasteiger charge is 2.15. The third kappa shape index (κ3) is 2.77. The molecule has 1 aromatic carbocycles. The molecule has 1 atom stereocenters. The van der Waals surface area contributed by atoms with E-state index in [1.807, 2.05) is 12.3 Å². The number of benzene rings is 1. The number of rotatable bonds is 2. The first-order valence-corrected chi connectivity index (χ1v) is 7.31. The third-order valence-electron chi connectivity index (χ3n) is 3.88. The van der Waals surface area contributed by atoms with Gasteiger partial charge in [0.2, 0.25) is 0 Å². The molecule has 3 rings (SSSR count). The van der Waals surface area contributed by atoms with Crippen molar-refractivity contribution in [2.45, 2.75) is 32.7 Å². The molecule has 0 fully saturated rings. The Labute approximate surface area is 121 Å². The van der Waals surface area contributed by atoms with Gasteiger partial charge in [-0.3, -0.25) is 0 Å². The summed E-state index contributed by atoms with van der Waals surface area (Å²) in [5.74, 6) is 0. The van der Waals surface area contributed by atoms with E-state index in [2.05, 4.69) is 61.7 Å². The van der Waals surface area contributed by atoms with E-state index in [1.165, 1.54) is 27.8 Å². The van der Waals surface area contributed by atoms with Gasteiger partial charge in [-0.05, 0) is 55.7 Å². The van der Waals surface area contributed by atoms with E-state index in [0.717, 1.165) is 12.8 Å². The second kappa shape index (κ2) is 5.54. The Bertz CT molecular complexity index is 609. The van der Waals surface area contributed by atoms with Crippen LogP contribution >= 0.6 is 0 Å². The molecule has 20 heavy (non-hydrogen) atoms. The summed E-state index contributed by atoms with van der Waals surface area (Å²) in [4.78, 5) is 0. The van der Waals surface area contributed by atoms with Gasteiger partial charge in [-0.1, -0.05) is 53.6 Å². The molecule has 0 bridgehead atoms. The normalized spacial score (nSPS) is 21.2. The zero-order valence-corrected chi connectivity index (χ0v) is 12.2. The van der Waals surface area contributed by atoms with Crippen molar-refractivity contribution in [3.05, 3.63) is 77.0 Å². The first kappa shape index (κ1) is 13.0. The van der Waals surface area contributed by atoms with Gasteiger partial charge in [-0.25, -0.2) is 0 Å². The van der Waals surface area contributed by atoms with Gasteiger partial charge in [-0.2, -0.15) is 0 Å². The number of hydrogen-bond donors (Lipinski definition) is 1. The van der Waals surface area contributed by atoms with Crippen LogP contribution in [0.2, 0.25) is 0 Å². The molecule has 1 heteroatoms. The minimum atomic E-state index is 0.356. The maximum absolute atomic E-state index is 3.42. The average Bonchev–Trinajstić information content (AvgIpc) is 2.47. The van der Waals surface area contributed by atoms with Crippen molar-refractivity contribution in [2.24, 2.45) is 0 Å². The van der Waals surface area contributed by atoms with Gasteiger partial charge >= 0.3 is 0 Å². The lowest BCUT2D eigenvalue weighted by Gasteiger charge is -2.23. The fourth-order valence-corrected chi connectivity index (χ4v) is 2.99. The molecule has 1 unspecified atom stereocenters. The predicted octanol–water partition coefficient (Wildman–Crippen LogP) is 4.45. The van der Waals surface area contributed by atoms with Gasteiger partial charge in [0.25, 0.3) is 0 Å². The van der Waals surface area contributed by atoms with Gasteiger partial charge < -0.3 is 5.32 Å². The molecule has 2 aliphatic rings. The zero-order chi connectivity index (χ0) is 13.9. The Morgan fingerprint density at radius 3 is 2.55 bits per heavy atom. The van der Waals surface area contributed by atoms with E-state index in [4.69, 9.17) is 0 Å². The summed E-state index contributed by atoms with van der Waals surface area (Å²) in [5, 5.41) is 3.42. The number of nitrogens with one attached hydrogen (secondary N) is 1. The topological polar surface area (TPSA) is 12.0 Å². The monoisotopic (exact) mass is 263 g/mol. The SMILES string of the molecule is Cc1cc(C)cc(C2=CCCC(C3C=CC=CN3)=C2)c1. The Kier molecular flexibility index (Phi) is 3.60.